The first-order chi connectivity index (χ1) is 39.4. The number of fused-ring (bicyclic) bond motifs is 1. The van der Waals surface area contributed by atoms with Crippen LogP contribution in [0.5, 0.6) is 0 Å². The molecule has 460 valence electrons. The summed E-state index contributed by atoms with van der Waals surface area (Å²) in [6.45, 7) is 1.25. The van der Waals surface area contributed by atoms with Crippen molar-refractivity contribution in [3.05, 3.63) is 36.0 Å². The van der Waals surface area contributed by atoms with Gasteiger partial charge < -0.3 is 72.6 Å². The summed E-state index contributed by atoms with van der Waals surface area (Å²) in [6, 6.07) is 0.790. The van der Waals surface area contributed by atoms with Crippen molar-refractivity contribution in [1.29, 1.82) is 0 Å². The highest BCUT2D eigenvalue weighted by Gasteiger charge is 2.36. The van der Waals surface area contributed by atoms with Crippen molar-refractivity contribution in [3.8, 4) is 0 Å². The summed E-state index contributed by atoms with van der Waals surface area (Å²) < 4.78 is 0. The maximum atomic E-state index is 14.2. The number of benzene rings is 1. The Bertz CT molecular complexity index is 2570. The zero-order chi connectivity index (χ0) is 61.3. The Balaban J connectivity index is 1.46. The maximum absolute atomic E-state index is 14.2. The highest BCUT2D eigenvalue weighted by molar-refractivity contribution is 7.98. The number of aromatic nitrogens is 1. The van der Waals surface area contributed by atoms with Gasteiger partial charge in [0.15, 0.2) is 6.17 Å². The normalized spacial score (nSPS) is 17.8. The van der Waals surface area contributed by atoms with Crippen LogP contribution in [0.1, 0.15) is 52.0 Å². The number of aromatic amines is 1. The molecular weight excluding hydrogens is 1110 g/mol. The van der Waals surface area contributed by atoms with E-state index in [2.05, 4.69) is 42.2 Å². The van der Waals surface area contributed by atoms with Gasteiger partial charge in [-0.05, 0) is 55.2 Å². The number of likely N-dealkylation sites (tertiary alicyclic amines) is 1. The number of aliphatic hydroxyl groups excluding tert-OH is 1. The zero-order valence-corrected chi connectivity index (χ0v) is 47.9. The number of hydrogen-bond acceptors (Lipinski definition) is 18. The number of carbonyl (C=O) groups is 12. The largest absolute Gasteiger partial charge is 0.480 e. The second-order valence-corrected chi connectivity index (χ2v) is 21.6. The predicted octanol–water partition coefficient (Wildman–Crippen LogP) is -4.31. The summed E-state index contributed by atoms with van der Waals surface area (Å²) in [7, 11) is 0. The molecule has 0 spiro atoms. The third-order valence-corrected chi connectivity index (χ3v) is 14.4. The average Bonchev–Trinajstić information content (AvgIpc) is 4.34. The number of nitrogens with one attached hydrogen (secondary N) is 8. The summed E-state index contributed by atoms with van der Waals surface area (Å²) in [5, 5.41) is 67.5. The quantitative estimate of drug-likeness (QED) is 0.0352. The van der Waals surface area contributed by atoms with Crippen molar-refractivity contribution < 1.29 is 83.1 Å². The molecule has 1 aromatic carbocycles. The van der Waals surface area contributed by atoms with Crippen LogP contribution in [-0.4, -0.2) is 273 Å². The minimum absolute atomic E-state index is 0.0381. The minimum Gasteiger partial charge on any atom is -0.480 e. The van der Waals surface area contributed by atoms with Crippen LogP contribution >= 0.6 is 11.8 Å². The number of carbonyl (C=O) groups excluding carboxylic acids is 8. The highest BCUT2D eigenvalue weighted by Crippen LogP contribution is 2.21. The van der Waals surface area contributed by atoms with Gasteiger partial charge in [-0.2, -0.15) is 11.8 Å². The van der Waals surface area contributed by atoms with E-state index in [4.69, 9.17) is 0 Å². The van der Waals surface area contributed by atoms with E-state index in [1.165, 1.54) is 43.2 Å². The summed E-state index contributed by atoms with van der Waals surface area (Å²) >= 11 is 1.36. The van der Waals surface area contributed by atoms with Crippen LogP contribution in [0, 0.1) is 5.92 Å². The zero-order valence-electron chi connectivity index (χ0n) is 47.1. The molecule has 0 aliphatic carbocycles. The van der Waals surface area contributed by atoms with Crippen molar-refractivity contribution in [2.24, 2.45) is 5.92 Å². The number of thioether (sulfide) groups is 1. The smallest absolute Gasteiger partial charge is 0.341 e. The van der Waals surface area contributed by atoms with Gasteiger partial charge >= 0.3 is 23.9 Å². The molecule has 0 radical (unpaired) electrons. The molecular formula is C52H79N13O17S. The molecule has 83 heavy (non-hydrogen) atoms. The van der Waals surface area contributed by atoms with Crippen molar-refractivity contribution in [2.45, 2.75) is 89.3 Å². The van der Waals surface area contributed by atoms with Crippen molar-refractivity contribution in [2.75, 3.05) is 110 Å². The number of hydrogen-bond donors (Lipinski definition) is 13. The minimum atomic E-state index is -1.81. The molecule has 4 rings (SSSR count). The Morgan fingerprint density at radius 1 is 0.639 bits per heavy atom. The lowest BCUT2D eigenvalue weighted by Gasteiger charge is -2.35. The molecule has 30 nitrogen and oxygen atoms in total. The van der Waals surface area contributed by atoms with Crippen LogP contribution in [0.15, 0.2) is 30.5 Å². The number of nitrogens with zero attached hydrogens (tertiary/aromatic N) is 5. The SMILES string of the molecule is CSCC[C@H](NC(=O)CNC(=O)[C@H](CC(C)C)NC(=O)[C@@H]1CCCN1C(C)=O)C(=O)N[C@@H](Cc1c[nH]c2ccccc12)C(=O)N[C@@H](CO)C(=O)NCC(=O)NC(C(=O)O)N1CCN(CC(=O)O)CCN(CC(=O)O)CCN(CC(=O)O)CC1. The van der Waals surface area contributed by atoms with Crippen LogP contribution in [0.25, 0.3) is 10.9 Å². The van der Waals surface area contributed by atoms with Gasteiger partial charge in [-0.3, -0.25) is 72.3 Å². The molecule has 2 saturated heterocycles. The third kappa shape index (κ3) is 23.0. The third-order valence-electron chi connectivity index (χ3n) is 13.8. The lowest BCUT2D eigenvalue weighted by Crippen LogP contribution is -2.60. The number of carboxylic acid groups (broad SMARTS) is 4. The van der Waals surface area contributed by atoms with E-state index in [-0.39, 0.29) is 83.4 Å². The molecule has 2 aliphatic heterocycles. The molecule has 1 aromatic heterocycles. The number of carboxylic acids is 4. The van der Waals surface area contributed by atoms with E-state index in [0.717, 1.165) is 0 Å². The number of amides is 8. The number of aliphatic hydroxyl groups is 1. The lowest BCUT2D eigenvalue weighted by atomic mass is 10.0. The molecule has 1 unspecified atom stereocenters. The topological polar surface area (TPSA) is 422 Å². The van der Waals surface area contributed by atoms with Gasteiger partial charge in [0.1, 0.15) is 30.2 Å². The molecule has 0 saturated carbocycles. The van der Waals surface area contributed by atoms with Crippen LogP contribution in [-0.2, 0) is 64.0 Å². The van der Waals surface area contributed by atoms with E-state index in [9.17, 15) is 83.1 Å². The molecule has 2 aromatic rings. The molecule has 13 N–H and O–H groups in total. The Morgan fingerprint density at radius 3 is 1.67 bits per heavy atom. The van der Waals surface area contributed by atoms with Crippen molar-refractivity contribution >= 4 is 93.8 Å². The Kier molecular flexibility index (Phi) is 28.1. The van der Waals surface area contributed by atoms with E-state index in [1.54, 1.807) is 36.7 Å². The fourth-order valence-corrected chi connectivity index (χ4v) is 10.0. The van der Waals surface area contributed by atoms with Crippen molar-refractivity contribution in [1.82, 2.24) is 66.7 Å². The number of aliphatic carboxylic acids is 4. The van der Waals surface area contributed by atoms with Crippen LogP contribution < -0.4 is 37.2 Å². The van der Waals surface area contributed by atoms with E-state index >= 15 is 0 Å². The van der Waals surface area contributed by atoms with E-state index < -0.39 is 141 Å². The van der Waals surface area contributed by atoms with Gasteiger partial charge in [-0.1, -0.05) is 32.0 Å². The van der Waals surface area contributed by atoms with Gasteiger partial charge in [0.25, 0.3) is 0 Å². The van der Waals surface area contributed by atoms with Gasteiger partial charge in [0, 0.05) is 89.3 Å². The summed E-state index contributed by atoms with van der Waals surface area (Å²) in [6.07, 6.45) is 2.70. The Morgan fingerprint density at radius 2 is 1.16 bits per heavy atom. The first kappa shape index (κ1) is 68.1. The second-order valence-electron chi connectivity index (χ2n) is 20.6. The molecule has 2 fully saturated rings. The molecule has 3 heterocycles. The van der Waals surface area contributed by atoms with Gasteiger partial charge in [0.2, 0.25) is 47.3 Å². The van der Waals surface area contributed by atoms with E-state index in [0.29, 0.717) is 41.6 Å². The number of rotatable bonds is 30. The second kappa shape index (κ2) is 34.2. The molecule has 2 aliphatic rings. The van der Waals surface area contributed by atoms with Crippen LogP contribution in [0.2, 0.25) is 0 Å². The van der Waals surface area contributed by atoms with Crippen LogP contribution in [0.3, 0.4) is 0 Å². The predicted molar refractivity (Wildman–Crippen MR) is 299 cm³/mol. The monoisotopic (exact) mass is 1190 g/mol. The van der Waals surface area contributed by atoms with Gasteiger partial charge in [0.05, 0.1) is 39.3 Å². The fraction of sp³-hybridized carbons (Fsp3) is 0.615. The number of H-pyrrole nitrogens is 1. The Hall–Kier alpha value is -7.45. The van der Waals surface area contributed by atoms with Crippen molar-refractivity contribution in [3.63, 3.8) is 0 Å². The standard InChI is InChI=1S/C52H79N13O17S/c1-31(2)22-37(58-51(80)40-10-7-12-65(40)32(3)67)47(76)54-25-41(68)56-36(11-21-83-4)49(78)57-38(23-33-24-53-35-9-6-5-8-34(33)35)50(79)59-39(30-66)48(77)55-26-42(69)60-46(52(81)82)64-19-17-62(28-44(72)73)15-13-61(27-43(70)71)14-16-63(18-20-64)29-45(74)75/h5-6,8-9,24,31,36-40,46,53,66H,7,10-23,25-30H2,1-4H3,(H,54,76)(H,55,77)(H,56,68)(H,57,78)(H,58,80)(H,59,79)(H,60,69)(H,70,71)(H,72,73)(H,74,75)(H,81,82)/t36-,37-,38-,39-,40-,46?/m0/s1. The first-order valence-corrected chi connectivity index (χ1v) is 28.5. The van der Waals surface area contributed by atoms with Gasteiger partial charge in [-0.25, -0.2) is 4.79 Å². The van der Waals surface area contributed by atoms with Crippen LogP contribution in [0.4, 0.5) is 0 Å². The molecule has 8 amide bonds. The fourth-order valence-electron chi connectivity index (χ4n) is 9.56. The molecule has 6 atom stereocenters. The summed E-state index contributed by atoms with van der Waals surface area (Å²) in [5.74, 6) is -11.0. The number of para-hydroxylation sites is 1. The molecule has 31 heteroatoms. The maximum Gasteiger partial charge on any atom is 0.341 e. The first-order valence-electron chi connectivity index (χ1n) is 27.2. The van der Waals surface area contributed by atoms with E-state index in [1.807, 2.05) is 13.8 Å². The Labute approximate surface area is 483 Å². The lowest BCUT2D eigenvalue weighted by molar-refractivity contribution is -0.148. The highest BCUT2D eigenvalue weighted by atomic mass is 32.2. The average molecular weight is 1190 g/mol. The summed E-state index contributed by atoms with van der Waals surface area (Å²) in [5.41, 5.74) is 1.24. The van der Waals surface area contributed by atoms with Gasteiger partial charge in [-0.15, -0.1) is 0 Å². The summed E-state index contributed by atoms with van der Waals surface area (Å²) in [4.78, 5) is 166. The molecule has 0 bridgehead atoms.